The first-order chi connectivity index (χ1) is 11.8. The summed E-state index contributed by atoms with van der Waals surface area (Å²) >= 11 is 1.30. The van der Waals surface area contributed by atoms with Crippen molar-refractivity contribution >= 4 is 27.3 Å². The maximum atomic E-state index is 12.9. The quantitative estimate of drug-likeness (QED) is 0.735. The molecule has 2 aromatic heterocycles. The fraction of sp³-hybridized carbons (Fsp3) is 0.125. The van der Waals surface area contributed by atoms with Crippen LogP contribution in [0.1, 0.15) is 11.5 Å². The summed E-state index contributed by atoms with van der Waals surface area (Å²) in [7, 11) is -4.05. The molecule has 3 aromatic rings. The van der Waals surface area contributed by atoms with Crippen molar-refractivity contribution in [3.8, 4) is 10.8 Å². The normalized spacial score (nSPS) is 11.4. The molecule has 0 bridgehead atoms. The van der Waals surface area contributed by atoms with Crippen LogP contribution in [0.2, 0.25) is 0 Å². The van der Waals surface area contributed by atoms with Gasteiger partial charge in [-0.1, -0.05) is 0 Å². The highest BCUT2D eigenvalue weighted by Gasteiger charge is 2.19. The third-order valence-corrected chi connectivity index (χ3v) is 5.51. The summed E-state index contributed by atoms with van der Waals surface area (Å²) in [6, 6.07) is 7.78. The number of aryl methyl sites for hydroxylation is 1. The molecule has 25 heavy (non-hydrogen) atoms. The van der Waals surface area contributed by atoms with Crippen molar-refractivity contribution in [3.05, 3.63) is 59.0 Å². The van der Waals surface area contributed by atoms with Gasteiger partial charge in [0.1, 0.15) is 11.6 Å². The number of amides is 1. The maximum absolute atomic E-state index is 12.9. The van der Waals surface area contributed by atoms with Gasteiger partial charge in [0.2, 0.25) is 5.91 Å². The van der Waals surface area contributed by atoms with Crippen LogP contribution in [0.4, 0.5) is 4.39 Å². The Morgan fingerprint density at radius 3 is 2.60 bits per heavy atom. The molecule has 0 aliphatic rings. The third kappa shape index (κ3) is 4.12. The SMILES string of the molecule is Cc1ccc(-c2nc(CC(=O)NS(=O)(=O)c3ccc(F)cc3)cs2)o1. The number of sulfonamides is 1. The van der Waals surface area contributed by atoms with Gasteiger partial charge in [0, 0.05) is 5.38 Å². The topological polar surface area (TPSA) is 89.3 Å². The predicted octanol–water partition coefficient (Wildman–Crippen LogP) is 2.90. The third-order valence-electron chi connectivity index (χ3n) is 3.22. The molecule has 0 spiro atoms. The van der Waals surface area contributed by atoms with E-state index < -0.39 is 21.7 Å². The number of rotatable bonds is 5. The zero-order valence-corrected chi connectivity index (χ0v) is 14.7. The Hall–Kier alpha value is -2.52. The van der Waals surface area contributed by atoms with Crippen LogP contribution in [0.3, 0.4) is 0 Å². The second kappa shape index (κ2) is 6.77. The number of thiazole rings is 1. The average molecular weight is 380 g/mol. The summed E-state index contributed by atoms with van der Waals surface area (Å²) in [6.07, 6.45) is -0.198. The van der Waals surface area contributed by atoms with Gasteiger partial charge in [-0.15, -0.1) is 11.3 Å². The lowest BCUT2D eigenvalue weighted by Crippen LogP contribution is -2.31. The summed E-state index contributed by atoms with van der Waals surface area (Å²) in [4.78, 5) is 16.1. The lowest BCUT2D eigenvalue weighted by atomic mass is 10.3. The van der Waals surface area contributed by atoms with Crippen LogP contribution in [-0.4, -0.2) is 19.3 Å². The van der Waals surface area contributed by atoms with Gasteiger partial charge in [-0.25, -0.2) is 22.5 Å². The first-order valence-electron chi connectivity index (χ1n) is 7.16. The second-order valence-electron chi connectivity index (χ2n) is 5.21. The molecule has 130 valence electrons. The van der Waals surface area contributed by atoms with E-state index in [9.17, 15) is 17.6 Å². The van der Waals surface area contributed by atoms with Crippen molar-refractivity contribution in [3.63, 3.8) is 0 Å². The lowest BCUT2D eigenvalue weighted by Gasteiger charge is -2.06. The molecule has 1 N–H and O–H groups in total. The van der Waals surface area contributed by atoms with Crippen molar-refractivity contribution in [1.29, 1.82) is 0 Å². The minimum Gasteiger partial charge on any atom is -0.459 e. The minimum absolute atomic E-state index is 0.188. The second-order valence-corrected chi connectivity index (χ2v) is 7.75. The Bertz CT molecular complexity index is 1010. The van der Waals surface area contributed by atoms with Crippen LogP contribution in [0, 0.1) is 12.7 Å². The van der Waals surface area contributed by atoms with Crippen molar-refractivity contribution in [2.75, 3.05) is 0 Å². The van der Waals surface area contributed by atoms with Crippen LogP contribution in [-0.2, 0) is 21.2 Å². The van der Waals surface area contributed by atoms with Crippen LogP contribution in [0.25, 0.3) is 10.8 Å². The van der Waals surface area contributed by atoms with Gasteiger partial charge in [-0.3, -0.25) is 4.79 Å². The molecule has 9 heteroatoms. The minimum atomic E-state index is -4.05. The number of carbonyl (C=O) groups is 1. The van der Waals surface area contributed by atoms with Crippen molar-refractivity contribution < 1.29 is 22.0 Å². The van der Waals surface area contributed by atoms with E-state index in [0.29, 0.717) is 16.5 Å². The van der Waals surface area contributed by atoms with Gasteiger partial charge in [0.05, 0.1) is 17.0 Å². The van der Waals surface area contributed by atoms with Crippen molar-refractivity contribution in [2.24, 2.45) is 0 Å². The highest BCUT2D eigenvalue weighted by atomic mass is 32.2. The number of aromatic nitrogens is 1. The van der Waals surface area contributed by atoms with E-state index in [1.807, 2.05) is 11.6 Å². The molecule has 3 rings (SSSR count). The Morgan fingerprint density at radius 2 is 1.96 bits per heavy atom. The number of nitrogens with zero attached hydrogens (tertiary/aromatic N) is 1. The van der Waals surface area contributed by atoms with Crippen LogP contribution in [0.15, 0.2) is 51.1 Å². The first kappa shape index (κ1) is 17.3. The van der Waals surface area contributed by atoms with E-state index in [0.717, 1.165) is 30.0 Å². The number of hydrogen-bond acceptors (Lipinski definition) is 6. The van der Waals surface area contributed by atoms with E-state index in [2.05, 4.69) is 4.98 Å². The molecule has 0 radical (unpaired) electrons. The molecule has 1 aromatic carbocycles. The van der Waals surface area contributed by atoms with Gasteiger partial charge in [-0.05, 0) is 43.3 Å². The van der Waals surface area contributed by atoms with Crippen LogP contribution in [0.5, 0.6) is 0 Å². The molecule has 0 saturated carbocycles. The summed E-state index contributed by atoms with van der Waals surface area (Å²) in [5.74, 6) is 0.0493. The lowest BCUT2D eigenvalue weighted by molar-refractivity contribution is -0.118. The van der Waals surface area contributed by atoms with Crippen LogP contribution < -0.4 is 4.72 Å². The van der Waals surface area contributed by atoms with E-state index >= 15 is 0 Å². The summed E-state index contributed by atoms with van der Waals surface area (Å²) in [6.45, 7) is 1.81. The zero-order chi connectivity index (χ0) is 18.0. The zero-order valence-electron chi connectivity index (χ0n) is 13.0. The molecular weight excluding hydrogens is 367 g/mol. The van der Waals surface area contributed by atoms with Gasteiger partial charge >= 0.3 is 0 Å². The van der Waals surface area contributed by atoms with Gasteiger partial charge in [0.15, 0.2) is 10.8 Å². The van der Waals surface area contributed by atoms with Crippen LogP contribution >= 0.6 is 11.3 Å². The van der Waals surface area contributed by atoms with E-state index in [-0.39, 0.29) is 11.3 Å². The monoisotopic (exact) mass is 380 g/mol. The highest BCUT2D eigenvalue weighted by Crippen LogP contribution is 2.25. The number of nitrogens with one attached hydrogen (secondary N) is 1. The fourth-order valence-electron chi connectivity index (χ4n) is 2.07. The first-order valence-corrected chi connectivity index (χ1v) is 9.52. The number of carbonyl (C=O) groups excluding carboxylic acids is 1. The average Bonchev–Trinajstić information content (AvgIpc) is 3.16. The van der Waals surface area contributed by atoms with E-state index in [1.165, 1.54) is 11.3 Å². The molecule has 0 unspecified atom stereocenters. The number of halogens is 1. The molecule has 1 amide bonds. The molecule has 6 nitrogen and oxygen atoms in total. The predicted molar refractivity (Wildman–Crippen MR) is 90.0 cm³/mol. The van der Waals surface area contributed by atoms with E-state index in [4.69, 9.17) is 4.42 Å². The Kier molecular flexibility index (Phi) is 4.69. The fourth-order valence-corrected chi connectivity index (χ4v) is 3.84. The summed E-state index contributed by atoms with van der Waals surface area (Å²) in [5.41, 5.74) is 0.431. The number of hydrogen-bond donors (Lipinski definition) is 1. The molecule has 2 heterocycles. The molecule has 0 aliphatic heterocycles. The van der Waals surface area contributed by atoms with Gasteiger partial charge in [-0.2, -0.15) is 0 Å². The molecule has 0 atom stereocenters. The van der Waals surface area contributed by atoms with Crippen molar-refractivity contribution in [1.82, 2.24) is 9.71 Å². The largest absolute Gasteiger partial charge is 0.459 e. The molecular formula is C16H13FN2O4S2. The number of furan rings is 1. The summed E-state index contributed by atoms with van der Waals surface area (Å²) in [5, 5.41) is 2.27. The molecule has 0 aliphatic carbocycles. The van der Waals surface area contributed by atoms with Gasteiger partial charge in [0.25, 0.3) is 10.0 Å². The van der Waals surface area contributed by atoms with Crippen molar-refractivity contribution in [2.45, 2.75) is 18.2 Å². The Balaban J connectivity index is 1.68. The molecule has 0 fully saturated rings. The highest BCUT2D eigenvalue weighted by molar-refractivity contribution is 7.90. The van der Waals surface area contributed by atoms with E-state index in [1.54, 1.807) is 17.5 Å². The smallest absolute Gasteiger partial charge is 0.264 e. The number of benzene rings is 1. The van der Waals surface area contributed by atoms with Gasteiger partial charge < -0.3 is 4.42 Å². The Labute approximate surface area is 147 Å². The summed E-state index contributed by atoms with van der Waals surface area (Å²) < 4.78 is 44.4. The Morgan fingerprint density at radius 1 is 1.24 bits per heavy atom. The standard InChI is InChI=1S/C16H13FN2O4S2/c1-10-2-7-14(23-10)16-18-12(9-24-16)8-15(20)19-25(21,22)13-5-3-11(17)4-6-13/h2-7,9H,8H2,1H3,(H,19,20). The maximum Gasteiger partial charge on any atom is 0.264 e. The molecule has 0 saturated heterocycles.